The van der Waals surface area contributed by atoms with Crippen LogP contribution in [0.25, 0.3) is 0 Å². The van der Waals surface area contributed by atoms with Crippen molar-refractivity contribution in [2.45, 2.75) is 24.8 Å². The third kappa shape index (κ3) is 3.56. The van der Waals surface area contributed by atoms with E-state index in [1.165, 1.54) is 17.5 Å². The summed E-state index contributed by atoms with van der Waals surface area (Å²) < 4.78 is 28.2. The van der Waals surface area contributed by atoms with Crippen LogP contribution >= 0.6 is 11.3 Å². The molecule has 0 radical (unpaired) electrons. The highest BCUT2D eigenvalue weighted by Gasteiger charge is 2.17. The van der Waals surface area contributed by atoms with Gasteiger partial charge in [-0.1, -0.05) is 0 Å². The van der Waals surface area contributed by atoms with E-state index in [1.807, 2.05) is 5.38 Å². The van der Waals surface area contributed by atoms with Crippen LogP contribution in [0, 0.1) is 6.92 Å². The van der Waals surface area contributed by atoms with Gasteiger partial charge in [0.2, 0.25) is 0 Å². The van der Waals surface area contributed by atoms with Crippen LogP contribution in [0.5, 0.6) is 0 Å². The number of aryl methyl sites for hydroxylation is 3. The summed E-state index contributed by atoms with van der Waals surface area (Å²) in [6, 6.07) is 0. The van der Waals surface area contributed by atoms with Crippen LogP contribution in [-0.2, 0) is 23.5 Å². The van der Waals surface area contributed by atoms with Gasteiger partial charge in [-0.3, -0.25) is 0 Å². The largest absolute Gasteiger partial charge is 0.375 e. The number of nitrogens with two attached hydrogens (primary N) is 1. The zero-order chi connectivity index (χ0) is 14.8. The first-order chi connectivity index (χ1) is 9.38. The molecule has 0 spiro atoms. The summed E-state index contributed by atoms with van der Waals surface area (Å²) in [5.41, 5.74) is 6.42. The first-order valence-corrected chi connectivity index (χ1v) is 8.44. The number of hydrogen-bond acceptors (Lipinski definition) is 6. The Morgan fingerprint density at radius 1 is 1.45 bits per heavy atom. The lowest BCUT2D eigenvalue weighted by Crippen LogP contribution is -2.25. The molecule has 2 rings (SSSR count). The summed E-state index contributed by atoms with van der Waals surface area (Å²) in [6.45, 7) is 2.10. The molecule has 0 aliphatic heterocycles. The van der Waals surface area contributed by atoms with Crippen LogP contribution in [0.1, 0.15) is 17.9 Å². The van der Waals surface area contributed by atoms with Gasteiger partial charge in [0, 0.05) is 25.2 Å². The molecule has 0 amide bonds. The van der Waals surface area contributed by atoms with Crippen LogP contribution in [0.4, 0.5) is 5.13 Å². The van der Waals surface area contributed by atoms with Crippen molar-refractivity contribution in [3.05, 3.63) is 23.1 Å². The van der Waals surface area contributed by atoms with Gasteiger partial charge < -0.3 is 10.3 Å². The molecule has 0 fully saturated rings. The number of nitrogen functional groups attached to an aromatic ring is 1. The van der Waals surface area contributed by atoms with E-state index in [0.29, 0.717) is 30.3 Å². The predicted molar refractivity (Wildman–Crippen MR) is 78.0 cm³/mol. The third-order valence-corrected chi connectivity index (χ3v) is 4.89. The molecular formula is C11H17N5O2S2. The molecule has 0 aliphatic carbocycles. The standard InChI is InChI=1S/C11H17N5O2S2/c1-8-14-10(6-16(8)2)20(17,18)13-5-3-4-9-7-19-11(12)15-9/h6-7,13H,3-5H2,1-2H3,(H2,12,15). The number of rotatable bonds is 6. The molecule has 110 valence electrons. The fourth-order valence-corrected chi connectivity index (χ4v) is 3.35. The van der Waals surface area contributed by atoms with Crippen molar-refractivity contribution in [3.63, 3.8) is 0 Å². The van der Waals surface area contributed by atoms with E-state index >= 15 is 0 Å². The lowest BCUT2D eigenvalue weighted by molar-refractivity contribution is 0.575. The Morgan fingerprint density at radius 3 is 2.75 bits per heavy atom. The zero-order valence-corrected chi connectivity index (χ0v) is 13.0. The minimum absolute atomic E-state index is 0.0513. The van der Waals surface area contributed by atoms with Crippen LogP contribution < -0.4 is 10.5 Å². The minimum atomic E-state index is -3.54. The van der Waals surface area contributed by atoms with Crippen molar-refractivity contribution in [2.75, 3.05) is 12.3 Å². The van der Waals surface area contributed by atoms with E-state index < -0.39 is 10.0 Å². The Labute approximate surface area is 121 Å². The first kappa shape index (κ1) is 14.9. The second kappa shape index (κ2) is 5.90. The van der Waals surface area contributed by atoms with Gasteiger partial charge in [-0.2, -0.15) is 0 Å². The number of imidazole rings is 1. The molecule has 20 heavy (non-hydrogen) atoms. The minimum Gasteiger partial charge on any atom is -0.375 e. The lowest BCUT2D eigenvalue weighted by atomic mass is 10.2. The van der Waals surface area contributed by atoms with E-state index in [2.05, 4.69) is 14.7 Å². The van der Waals surface area contributed by atoms with Crippen LogP contribution in [0.2, 0.25) is 0 Å². The molecule has 9 heteroatoms. The smallest absolute Gasteiger partial charge is 0.259 e. The zero-order valence-electron chi connectivity index (χ0n) is 11.3. The summed E-state index contributed by atoms with van der Waals surface area (Å²) in [5, 5.41) is 2.46. The molecule has 2 aromatic heterocycles. The van der Waals surface area contributed by atoms with Crippen molar-refractivity contribution in [1.82, 2.24) is 19.3 Å². The van der Waals surface area contributed by atoms with Gasteiger partial charge in [0.15, 0.2) is 10.2 Å². The maximum absolute atomic E-state index is 12.0. The number of anilines is 1. The van der Waals surface area contributed by atoms with Crippen LogP contribution in [0.3, 0.4) is 0 Å². The molecule has 0 saturated heterocycles. The molecule has 0 aromatic carbocycles. The molecule has 0 atom stereocenters. The Balaban J connectivity index is 1.86. The Kier molecular flexibility index (Phi) is 4.41. The lowest BCUT2D eigenvalue weighted by Gasteiger charge is -2.03. The normalized spacial score (nSPS) is 11.9. The topological polar surface area (TPSA) is 103 Å². The fraction of sp³-hybridized carbons (Fsp3) is 0.455. The summed E-state index contributed by atoms with van der Waals surface area (Å²) >= 11 is 1.38. The van der Waals surface area contributed by atoms with Crippen molar-refractivity contribution in [3.8, 4) is 0 Å². The fourth-order valence-electron chi connectivity index (χ4n) is 1.64. The monoisotopic (exact) mass is 315 g/mol. The van der Waals surface area contributed by atoms with Crippen LogP contribution in [0.15, 0.2) is 16.6 Å². The summed E-state index contributed by atoms with van der Waals surface area (Å²) in [4.78, 5) is 8.13. The molecule has 2 heterocycles. The highest BCUT2D eigenvalue weighted by molar-refractivity contribution is 7.89. The van der Waals surface area contributed by atoms with Crippen molar-refractivity contribution >= 4 is 26.5 Å². The summed E-state index contributed by atoms with van der Waals surface area (Å²) in [5.74, 6) is 0.656. The molecule has 0 bridgehead atoms. The highest BCUT2D eigenvalue weighted by atomic mass is 32.2. The van der Waals surface area contributed by atoms with Gasteiger partial charge in [-0.25, -0.2) is 23.1 Å². The molecule has 0 saturated carbocycles. The summed E-state index contributed by atoms with van der Waals surface area (Å²) in [6.07, 6.45) is 2.85. The Bertz CT molecular complexity index is 670. The molecule has 0 aliphatic rings. The quantitative estimate of drug-likeness (QED) is 0.763. The van der Waals surface area contributed by atoms with Gasteiger partial charge in [0.25, 0.3) is 10.0 Å². The number of hydrogen-bond donors (Lipinski definition) is 2. The molecule has 0 unspecified atom stereocenters. The second-order valence-corrected chi connectivity index (χ2v) is 7.02. The molecular weight excluding hydrogens is 298 g/mol. The summed E-state index contributed by atoms with van der Waals surface area (Å²) in [7, 11) is -1.78. The highest BCUT2D eigenvalue weighted by Crippen LogP contribution is 2.12. The second-order valence-electron chi connectivity index (χ2n) is 4.42. The number of nitrogens with zero attached hydrogens (tertiary/aromatic N) is 3. The van der Waals surface area contributed by atoms with Crippen molar-refractivity contribution < 1.29 is 8.42 Å². The third-order valence-electron chi connectivity index (χ3n) is 2.83. The SMILES string of the molecule is Cc1nc(S(=O)(=O)NCCCc2csc(N)n2)cn1C. The van der Waals surface area contributed by atoms with Gasteiger partial charge >= 0.3 is 0 Å². The average Bonchev–Trinajstić information content (AvgIpc) is 2.93. The number of nitrogens with one attached hydrogen (secondary N) is 1. The maximum atomic E-state index is 12.0. The average molecular weight is 315 g/mol. The maximum Gasteiger partial charge on any atom is 0.259 e. The predicted octanol–water partition coefficient (Wildman–Crippen LogP) is 0.678. The number of aromatic nitrogens is 3. The van der Waals surface area contributed by atoms with Crippen LogP contribution in [-0.4, -0.2) is 29.5 Å². The molecule has 7 nitrogen and oxygen atoms in total. The molecule has 2 aromatic rings. The van der Waals surface area contributed by atoms with E-state index in [0.717, 1.165) is 5.69 Å². The first-order valence-electron chi connectivity index (χ1n) is 6.08. The van der Waals surface area contributed by atoms with E-state index in [4.69, 9.17) is 5.73 Å². The van der Waals surface area contributed by atoms with Gasteiger partial charge in [0.1, 0.15) is 5.82 Å². The van der Waals surface area contributed by atoms with E-state index in [1.54, 1.807) is 18.5 Å². The molecule has 3 N–H and O–H groups in total. The van der Waals surface area contributed by atoms with E-state index in [9.17, 15) is 8.42 Å². The number of sulfonamides is 1. The van der Waals surface area contributed by atoms with E-state index in [-0.39, 0.29) is 5.03 Å². The van der Waals surface area contributed by atoms with Gasteiger partial charge in [-0.05, 0) is 19.8 Å². The number of thiazole rings is 1. The van der Waals surface area contributed by atoms with Gasteiger partial charge in [0.05, 0.1) is 5.69 Å². The van der Waals surface area contributed by atoms with Gasteiger partial charge in [-0.15, -0.1) is 11.3 Å². The van der Waals surface area contributed by atoms with Crippen molar-refractivity contribution in [2.24, 2.45) is 7.05 Å². The van der Waals surface area contributed by atoms with Crippen molar-refractivity contribution in [1.29, 1.82) is 0 Å². The Hall–Kier alpha value is -1.45. The Morgan fingerprint density at radius 2 is 2.20 bits per heavy atom.